The van der Waals surface area contributed by atoms with Gasteiger partial charge in [-0.3, -0.25) is 0 Å². The standard InChI is InChI=1S/C44H61PSi/c1-4-5-6-7-8-9-10-11-12-13-14-15-16-17-18-29-38-46(2,3)44-37-28-26-35-42(44)41-34-25-27-36-43(41)45(39-30-21-19-22-31-39)40-32-23-20-24-33-40/h19-28,30-37H,4-18,29,38H2,1-3H3. The van der Waals surface area contributed by atoms with Crippen molar-refractivity contribution in [2.45, 2.75) is 129 Å². The van der Waals surface area contributed by atoms with E-state index in [9.17, 15) is 0 Å². The van der Waals surface area contributed by atoms with Gasteiger partial charge in [0, 0.05) is 0 Å². The Morgan fingerprint density at radius 2 is 0.804 bits per heavy atom. The van der Waals surface area contributed by atoms with E-state index >= 15 is 0 Å². The highest BCUT2D eigenvalue weighted by Gasteiger charge is 2.28. The Morgan fingerprint density at radius 3 is 1.30 bits per heavy atom. The van der Waals surface area contributed by atoms with Crippen LogP contribution < -0.4 is 21.1 Å². The zero-order valence-electron chi connectivity index (χ0n) is 29.4. The third-order valence-electron chi connectivity index (χ3n) is 9.78. The van der Waals surface area contributed by atoms with Crippen LogP contribution in [0.4, 0.5) is 0 Å². The van der Waals surface area contributed by atoms with Crippen LogP contribution in [0.3, 0.4) is 0 Å². The molecule has 0 N–H and O–H groups in total. The van der Waals surface area contributed by atoms with Crippen molar-refractivity contribution in [2.24, 2.45) is 0 Å². The molecule has 4 rings (SSSR count). The summed E-state index contributed by atoms with van der Waals surface area (Å²) in [4.78, 5) is 0. The van der Waals surface area contributed by atoms with Gasteiger partial charge in [0.25, 0.3) is 0 Å². The lowest BCUT2D eigenvalue weighted by Gasteiger charge is -2.28. The van der Waals surface area contributed by atoms with Crippen molar-refractivity contribution >= 4 is 37.1 Å². The van der Waals surface area contributed by atoms with Crippen LogP contribution in [-0.4, -0.2) is 8.07 Å². The molecule has 4 aromatic carbocycles. The molecule has 0 nitrogen and oxygen atoms in total. The summed E-state index contributed by atoms with van der Waals surface area (Å²) in [6.45, 7) is 7.52. The Kier molecular flexibility index (Phi) is 16.4. The first-order valence-electron chi connectivity index (χ1n) is 18.7. The summed E-state index contributed by atoms with van der Waals surface area (Å²) in [5.41, 5.74) is 2.88. The molecule has 246 valence electrons. The quantitative estimate of drug-likeness (QED) is 0.0452. The van der Waals surface area contributed by atoms with E-state index in [1.54, 1.807) is 5.19 Å². The van der Waals surface area contributed by atoms with Gasteiger partial charge in [0.15, 0.2) is 0 Å². The molecule has 0 saturated carbocycles. The van der Waals surface area contributed by atoms with Gasteiger partial charge in [-0.25, -0.2) is 0 Å². The molecule has 0 unspecified atom stereocenters. The zero-order valence-corrected chi connectivity index (χ0v) is 31.3. The van der Waals surface area contributed by atoms with Crippen LogP contribution in [-0.2, 0) is 0 Å². The first-order valence-corrected chi connectivity index (χ1v) is 23.3. The molecule has 0 radical (unpaired) electrons. The maximum Gasteiger partial charge on any atom is 0.0814 e. The second-order valence-corrected chi connectivity index (χ2v) is 21.0. The smallest absolute Gasteiger partial charge is 0.0654 e. The van der Waals surface area contributed by atoms with E-state index in [-0.39, 0.29) is 0 Å². The van der Waals surface area contributed by atoms with E-state index in [1.807, 2.05) is 0 Å². The first-order chi connectivity index (χ1) is 22.6. The lowest BCUT2D eigenvalue weighted by Crippen LogP contribution is -2.42. The Hall–Kier alpha value is -2.47. The van der Waals surface area contributed by atoms with Crippen LogP contribution in [0.1, 0.15) is 110 Å². The summed E-state index contributed by atoms with van der Waals surface area (Å²) >= 11 is 0. The molecule has 0 aliphatic rings. The van der Waals surface area contributed by atoms with E-state index in [0.717, 1.165) is 0 Å². The molecule has 0 atom stereocenters. The summed E-state index contributed by atoms with van der Waals surface area (Å²) in [5.74, 6) is 0. The highest BCUT2D eigenvalue weighted by atomic mass is 31.1. The van der Waals surface area contributed by atoms with E-state index < -0.39 is 16.0 Å². The van der Waals surface area contributed by atoms with Crippen molar-refractivity contribution in [2.75, 3.05) is 0 Å². The second-order valence-electron chi connectivity index (χ2n) is 14.0. The average molecular weight is 649 g/mol. The second kappa shape index (κ2) is 20.7. The van der Waals surface area contributed by atoms with E-state index in [1.165, 1.54) is 136 Å². The fourth-order valence-corrected chi connectivity index (χ4v) is 12.4. The third kappa shape index (κ3) is 11.6. The van der Waals surface area contributed by atoms with Gasteiger partial charge in [0.05, 0.1) is 8.07 Å². The molecule has 0 heterocycles. The zero-order chi connectivity index (χ0) is 32.3. The van der Waals surface area contributed by atoms with Crippen molar-refractivity contribution in [1.82, 2.24) is 0 Å². The highest BCUT2D eigenvalue weighted by molar-refractivity contribution is 7.80. The monoisotopic (exact) mass is 648 g/mol. The van der Waals surface area contributed by atoms with E-state index in [0.29, 0.717) is 0 Å². The van der Waals surface area contributed by atoms with Crippen molar-refractivity contribution in [3.63, 3.8) is 0 Å². The Bertz CT molecular complexity index is 1320. The molecule has 0 spiro atoms. The summed E-state index contributed by atoms with van der Waals surface area (Å²) in [7, 11) is -2.28. The summed E-state index contributed by atoms with van der Waals surface area (Å²) in [5, 5.41) is 5.92. The van der Waals surface area contributed by atoms with Crippen LogP contribution >= 0.6 is 7.92 Å². The summed E-state index contributed by atoms with van der Waals surface area (Å²) in [6, 6.07) is 42.3. The Labute approximate surface area is 285 Å². The Morgan fingerprint density at radius 1 is 0.413 bits per heavy atom. The lowest BCUT2D eigenvalue weighted by molar-refractivity contribution is 0.531. The molecule has 0 saturated heterocycles. The molecule has 0 aromatic heterocycles. The highest BCUT2D eigenvalue weighted by Crippen LogP contribution is 2.37. The van der Waals surface area contributed by atoms with Gasteiger partial charge in [-0.2, -0.15) is 0 Å². The lowest BCUT2D eigenvalue weighted by atomic mass is 10.0. The molecule has 0 amide bonds. The first kappa shape index (κ1) is 36.4. The predicted molar refractivity (Wildman–Crippen MR) is 212 cm³/mol. The fraction of sp³-hybridized carbons (Fsp3) is 0.455. The number of benzene rings is 4. The number of unbranched alkanes of at least 4 members (excludes halogenated alkanes) is 15. The number of rotatable bonds is 22. The Balaban J connectivity index is 1.30. The predicted octanol–water partition coefficient (Wildman–Crippen LogP) is 12.3. The molecule has 46 heavy (non-hydrogen) atoms. The van der Waals surface area contributed by atoms with Crippen molar-refractivity contribution < 1.29 is 0 Å². The molecule has 2 heteroatoms. The molecule has 0 bridgehead atoms. The SMILES string of the molecule is CCCCCCCCCCCCCCCCCC[Si](C)(C)c1ccccc1-c1ccccc1P(c1ccccc1)c1ccccc1. The van der Waals surface area contributed by atoms with Gasteiger partial charge in [-0.05, 0) is 35.0 Å². The van der Waals surface area contributed by atoms with E-state index in [2.05, 4.69) is 129 Å². The van der Waals surface area contributed by atoms with Gasteiger partial charge in [-0.1, -0.05) is 243 Å². The van der Waals surface area contributed by atoms with Crippen molar-refractivity contribution in [3.05, 3.63) is 109 Å². The van der Waals surface area contributed by atoms with Gasteiger partial charge in [0.1, 0.15) is 0 Å². The van der Waals surface area contributed by atoms with Crippen LogP contribution in [0.25, 0.3) is 11.1 Å². The maximum atomic E-state index is 2.61. The topological polar surface area (TPSA) is 0 Å². The molecule has 4 aromatic rings. The van der Waals surface area contributed by atoms with Crippen LogP contribution in [0, 0.1) is 0 Å². The van der Waals surface area contributed by atoms with Crippen LogP contribution in [0.15, 0.2) is 109 Å². The van der Waals surface area contributed by atoms with Crippen LogP contribution in [0.5, 0.6) is 0 Å². The van der Waals surface area contributed by atoms with Crippen molar-refractivity contribution in [1.29, 1.82) is 0 Å². The maximum absolute atomic E-state index is 2.61. The largest absolute Gasteiger partial charge is 0.0814 e. The number of hydrogen-bond donors (Lipinski definition) is 0. The molecule has 0 aliphatic heterocycles. The van der Waals surface area contributed by atoms with E-state index in [4.69, 9.17) is 0 Å². The normalized spacial score (nSPS) is 11.7. The minimum atomic E-state index is -1.62. The van der Waals surface area contributed by atoms with Crippen LogP contribution in [0.2, 0.25) is 19.1 Å². The van der Waals surface area contributed by atoms with Gasteiger partial charge in [0.2, 0.25) is 0 Å². The van der Waals surface area contributed by atoms with Gasteiger partial charge < -0.3 is 0 Å². The van der Waals surface area contributed by atoms with Gasteiger partial charge in [-0.15, -0.1) is 0 Å². The third-order valence-corrected chi connectivity index (χ3v) is 15.8. The number of hydrogen-bond acceptors (Lipinski definition) is 0. The fourth-order valence-electron chi connectivity index (χ4n) is 7.04. The molecule has 0 aliphatic carbocycles. The summed E-state index contributed by atoms with van der Waals surface area (Å²) < 4.78 is 0. The van der Waals surface area contributed by atoms with Gasteiger partial charge >= 0.3 is 0 Å². The minimum absolute atomic E-state index is 0.653. The molecular formula is C44H61PSi. The minimum Gasteiger partial charge on any atom is -0.0654 e. The van der Waals surface area contributed by atoms with Crippen molar-refractivity contribution in [3.8, 4) is 11.1 Å². The molecule has 0 fully saturated rings. The molecular weight excluding hydrogens is 588 g/mol. The average Bonchev–Trinajstić information content (AvgIpc) is 3.09. The summed E-state index contributed by atoms with van der Waals surface area (Å²) in [6.07, 6.45) is 22.9.